The molecule has 0 radical (unpaired) electrons. The van der Waals surface area contributed by atoms with Gasteiger partial charge in [0.25, 0.3) is 0 Å². The Morgan fingerprint density at radius 1 is 1.40 bits per heavy atom. The van der Waals surface area contributed by atoms with E-state index in [9.17, 15) is 22.8 Å². The van der Waals surface area contributed by atoms with E-state index in [-0.39, 0.29) is 18.6 Å². The van der Waals surface area contributed by atoms with Gasteiger partial charge in [-0.25, -0.2) is 0 Å². The van der Waals surface area contributed by atoms with Gasteiger partial charge in [0, 0.05) is 25.8 Å². The second-order valence-corrected chi connectivity index (χ2v) is 5.86. The first kappa shape index (κ1) is 19.2. The fourth-order valence-electron chi connectivity index (χ4n) is 2.56. The molecule has 9 heteroatoms. The van der Waals surface area contributed by atoms with Gasteiger partial charge in [-0.3, -0.25) is 9.59 Å². The molecule has 1 saturated heterocycles. The first-order valence-electron chi connectivity index (χ1n) is 7.75. The fraction of sp³-hybridized carbons (Fsp3) is 0.500. The van der Waals surface area contributed by atoms with Gasteiger partial charge in [-0.05, 0) is 24.6 Å². The van der Waals surface area contributed by atoms with Crippen LogP contribution in [0.3, 0.4) is 0 Å². The van der Waals surface area contributed by atoms with Crippen molar-refractivity contribution in [3.8, 4) is 0 Å². The molecule has 1 aliphatic rings. The monoisotopic (exact) mass is 359 g/mol. The van der Waals surface area contributed by atoms with E-state index >= 15 is 0 Å². The Bertz CT molecular complexity index is 637. The fourth-order valence-corrected chi connectivity index (χ4v) is 2.56. The minimum Gasteiger partial charge on any atom is -0.375 e. The Balaban J connectivity index is 2.01. The number of hydrogen-bond donors (Lipinski definition) is 2. The standard InChI is InChI=1S/C16H20F3N3O3/c1-10-13(20-6-7-25-10)14(23)21-12-5-3-4-11(8-12)9-22(2)15(24)16(17,18)19/h3-5,8,10,13,20H,6-7,9H2,1-2H3,(H,21,23)/t10-,13+/m1/s1. The molecule has 0 saturated carbocycles. The molecule has 2 atom stereocenters. The lowest BCUT2D eigenvalue weighted by Gasteiger charge is -2.29. The van der Waals surface area contributed by atoms with E-state index in [1.54, 1.807) is 25.1 Å². The van der Waals surface area contributed by atoms with Crippen LogP contribution in [0.5, 0.6) is 0 Å². The smallest absolute Gasteiger partial charge is 0.375 e. The average Bonchev–Trinajstić information content (AvgIpc) is 2.53. The lowest BCUT2D eigenvalue weighted by molar-refractivity contribution is -0.184. The van der Waals surface area contributed by atoms with Crippen LogP contribution in [0, 0.1) is 0 Å². The van der Waals surface area contributed by atoms with Crippen molar-refractivity contribution in [3.63, 3.8) is 0 Å². The third-order valence-corrected chi connectivity index (χ3v) is 3.80. The van der Waals surface area contributed by atoms with Gasteiger partial charge >= 0.3 is 12.1 Å². The Kier molecular flexibility index (Phi) is 6.02. The summed E-state index contributed by atoms with van der Waals surface area (Å²) < 4.78 is 42.7. The minimum atomic E-state index is -4.91. The summed E-state index contributed by atoms with van der Waals surface area (Å²) in [6, 6.07) is 5.84. The van der Waals surface area contributed by atoms with Crippen LogP contribution in [-0.2, 0) is 20.9 Å². The first-order valence-corrected chi connectivity index (χ1v) is 7.75. The van der Waals surface area contributed by atoms with Crippen molar-refractivity contribution in [3.05, 3.63) is 29.8 Å². The lowest BCUT2D eigenvalue weighted by atomic mass is 10.1. The molecular weight excluding hydrogens is 339 g/mol. The normalized spacial score (nSPS) is 20.8. The molecule has 2 N–H and O–H groups in total. The van der Waals surface area contributed by atoms with Crippen molar-refractivity contribution in [2.45, 2.75) is 31.8 Å². The Morgan fingerprint density at radius 3 is 2.76 bits per heavy atom. The number of hydrogen-bond acceptors (Lipinski definition) is 4. The van der Waals surface area contributed by atoms with Gasteiger partial charge in [0.15, 0.2) is 0 Å². The predicted molar refractivity (Wildman–Crippen MR) is 84.8 cm³/mol. The molecule has 25 heavy (non-hydrogen) atoms. The molecule has 1 fully saturated rings. The Hall–Kier alpha value is -2.13. The van der Waals surface area contributed by atoms with Crippen LogP contribution in [0.4, 0.5) is 18.9 Å². The van der Waals surface area contributed by atoms with Gasteiger partial charge in [0.1, 0.15) is 6.04 Å². The molecule has 2 rings (SSSR count). The second-order valence-electron chi connectivity index (χ2n) is 5.86. The molecule has 1 aromatic rings. The number of amides is 2. The third kappa shape index (κ3) is 5.17. The minimum absolute atomic E-state index is 0.219. The summed E-state index contributed by atoms with van der Waals surface area (Å²) in [6.45, 7) is 2.65. The first-order chi connectivity index (χ1) is 11.7. The SMILES string of the molecule is C[C@H]1OCCN[C@@H]1C(=O)Nc1cccc(CN(C)C(=O)C(F)(F)F)c1. The van der Waals surface area contributed by atoms with E-state index in [2.05, 4.69) is 10.6 Å². The van der Waals surface area contributed by atoms with Crippen LogP contribution in [0.2, 0.25) is 0 Å². The van der Waals surface area contributed by atoms with Crippen LogP contribution >= 0.6 is 0 Å². The number of anilines is 1. The quantitative estimate of drug-likeness (QED) is 0.855. The average molecular weight is 359 g/mol. The van der Waals surface area contributed by atoms with Gasteiger partial charge < -0.3 is 20.3 Å². The second kappa shape index (κ2) is 7.83. The van der Waals surface area contributed by atoms with Gasteiger partial charge in [0.05, 0.1) is 12.7 Å². The highest BCUT2D eigenvalue weighted by atomic mass is 19.4. The van der Waals surface area contributed by atoms with E-state index in [0.29, 0.717) is 29.3 Å². The zero-order chi connectivity index (χ0) is 18.6. The maximum atomic E-state index is 12.4. The summed E-state index contributed by atoms with van der Waals surface area (Å²) in [5.74, 6) is -2.21. The summed E-state index contributed by atoms with van der Waals surface area (Å²) in [7, 11) is 1.08. The van der Waals surface area contributed by atoms with Crippen LogP contribution in [0.15, 0.2) is 24.3 Å². The van der Waals surface area contributed by atoms with Crippen molar-refractivity contribution in [2.24, 2.45) is 0 Å². The van der Waals surface area contributed by atoms with E-state index < -0.39 is 18.1 Å². The Labute approximate surface area is 143 Å². The predicted octanol–water partition coefficient (Wildman–Crippen LogP) is 1.52. The van der Waals surface area contributed by atoms with Gasteiger partial charge in [0.2, 0.25) is 5.91 Å². The molecule has 0 spiro atoms. The molecule has 2 amide bonds. The van der Waals surface area contributed by atoms with E-state index in [4.69, 9.17) is 4.74 Å². The van der Waals surface area contributed by atoms with E-state index in [1.807, 2.05) is 0 Å². The lowest BCUT2D eigenvalue weighted by Crippen LogP contribution is -2.53. The van der Waals surface area contributed by atoms with Crippen molar-refractivity contribution < 1.29 is 27.5 Å². The molecule has 138 valence electrons. The number of halogens is 3. The number of carbonyl (C=O) groups excluding carboxylic acids is 2. The summed E-state index contributed by atoms with van der Waals surface area (Å²) >= 11 is 0. The van der Waals surface area contributed by atoms with E-state index in [0.717, 1.165) is 7.05 Å². The highest BCUT2D eigenvalue weighted by molar-refractivity contribution is 5.95. The molecule has 1 aromatic carbocycles. The van der Waals surface area contributed by atoms with Crippen LogP contribution in [0.1, 0.15) is 12.5 Å². The number of nitrogens with one attached hydrogen (secondary N) is 2. The molecule has 0 unspecified atom stereocenters. The van der Waals surface area contributed by atoms with Crippen LogP contribution in [-0.4, -0.2) is 55.2 Å². The topological polar surface area (TPSA) is 70.7 Å². The van der Waals surface area contributed by atoms with E-state index in [1.165, 1.54) is 6.07 Å². The molecule has 0 aliphatic carbocycles. The number of rotatable bonds is 4. The van der Waals surface area contributed by atoms with Crippen molar-refractivity contribution in [1.82, 2.24) is 10.2 Å². The molecule has 1 aliphatic heterocycles. The number of morpholine rings is 1. The van der Waals surface area contributed by atoms with Crippen LogP contribution < -0.4 is 10.6 Å². The summed E-state index contributed by atoms with van der Waals surface area (Å²) in [6.07, 6.45) is -5.20. The molecular formula is C16H20F3N3O3. The zero-order valence-corrected chi connectivity index (χ0v) is 13.9. The highest BCUT2D eigenvalue weighted by Gasteiger charge is 2.41. The number of nitrogens with zero attached hydrogens (tertiary/aromatic N) is 1. The van der Waals surface area contributed by atoms with Crippen molar-refractivity contribution in [1.29, 1.82) is 0 Å². The number of ether oxygens (including phenoxy) is 1. The number of alkyl halides is 3. The molecule has 0 bridgehead atoms. The highest BCUT2D eigenvalue weighted by Crippen LogP contribution is 2.20. The number of benzene rings is 1. The van der Waals surface area contributed by atoms with Gasteiger partial charge in [-0.2, -0.15) is 13.2 Å². The van der Waals surface area contributed by atoms with Gasteiger partial charge in [-0.1, -0.05) is 12.1 Å². The maximum Gasteiger partial charge on any atom is 0.471 e. The van der Waals surface area contributed by atoms with Crippen molar-refractivity contribution >= 4 is 17.5 Å². The zero-order valence-electron chi connectivity index (χ0n) is 13.9. The molecule has 6 nitrogen and oxygen atoms in total. The number of carbonyl (C=O) groups is 2. The Morgan fingerprint density at radius 2 is 2.12 bits per heavy atom. The van der Waals surface area contributed by atoms with Gasteiger partial charge in [-0.15, -0.1) is 0 Å². The van der Waals surface area contributed by atoms with Crippen LogP contribution in [0.25, 0.3) is 0 Å². The molecule has 0 aromatic heterocycles. The summed E-state index contributed by atoms with van der Waals surface area (Å²) in [4.78, 5) is 24.1. The third-order valence-electron chi connectivity index (χ3n) is 3.80. The van der Waals surface area contributed by atoms with Crippen molar-refractivity contribution in [2.75, 3.05) is 25.5 Å². The largest absolute Gasteiger partial charge is 0.471 e. The summed E-state index contributed by atoms with van der Waals surface area (Å²) in [5.41, 5.74) is 0.911. The molecule has 1 heterocycles. The summed E-state index contributed by atoms with van der Waals surface area (Å²) in [5, 5.41) is 5.76. The maximum absolute atomic E-state index is 12.4.